The quantitative estimate of drug-likeness (QED) is 0.150. The summed E-state index contributed by atoms with van der Waals surface area (Å²) in [6.45, 7) is 0. The van der Waals surface area contributed by atoms with Gasteiger partial charge in [-0.3, -0.25) is 0 Å². The van der Waals surface area contributed by atoms with Gasteiger partial charge < -0.3 is 9.97 Å². The Bertz CT molecular complexity index is 2260. The van der Waals surface area contributed by atoms with E-state index in [0.717, 1.165) is 44.8 Å². The molecule has 2 aromatic heterocycles. The van der Waals surface area contributed by atoms with Gasteiger partial charge in [-0.05, 0) is 52.1 Å². The molecule has 0 amide bonds. The molecule has 8 aromatic rings. The van der Waals surface area contributed by atoms with Crippen LogP contribution in [0.15, 0.2) is 194 Å². The van der Waals surface area contributed by atoms with E-state index in [1.165, 1.54) is 11.1 Å². The molecular weight excluding hydrogens is 785 g/mol. The Hall–Kier alpha value is -5.73. The SMILES string of the molecule is [2H]C([2H])(c1ccccc1)c1cc(-c2cc(-c3ccccc3)ccn2)[c-]cc1-c1ccccc1.[Ir].[c-]1ccc(-c2ccccc2)cc1-c1ccccn1. The van der Waals surface area contributed by atoms with E-state index < -0.39 is 6.37 Å². The van der Waals surface area contributed by atoms with Crippen LogP contribution in [-0.2, 0) is 26.5 Å². The molecule has 6 aromatic carbocycles. The average Bonchev–Trinajstić information content (AvgIpc) is 3.22. The van der Waals surface area contributed by atoms with Crippen LogP contribution in [-0.4, -0.2) is 9.97 Å². The number of hydrogen-bond donors (Lipinski definition) is 0. The van der Waals surface area contributed by atoms with Crippen molar-refractivity contribution in [3.8, 4) is 55.9 Å². The molecule has 0 atom stereocenters. The number of pyridine rings is 2. The second kappa shape index (κ2) is 17.1. The third-order valence-electron chi connectivity index (χ3n) is 8.08. The van der Waals surface area contributed by atoms with Gasteiger partial charge >= 0.3 is 0 Å². The summed E-state index contributed by atoms with van der Waals surface area (Å²) >= 11 is 0. The number of nitrogens with zero attached hydrogens (tertiary/aromatic N) is 2. The number of benzene rings is 6. The van der Waals surface area contributed by atoms with Gasteiger partial charge in [0.2, 0.25) is 0 Å². The van der Waals surface area contributed by atoms with Crippen LogP contribution in [0, 0.1) is 12.1 Å². The molecular formula is C47H34IrN2-2. The summed E-state index contributed by atoms with van der Waals surface area (Å²) < 4.78 is 18.1. The fourth-order valence-electron chi connectivity index (χ4n) is 5.61. The second-order valence-corrected chi connectivity index (χ2v) is 11.4. The van der Waals surface area contributed by atoms with Crippen LogP contribution in [0.5, 0.6) is 0 Å². The maximum Gasteiger partial charge on any atom is 0.0349 e. The smallest absolute Gasteiger partial charge is 0.0349 e. The first-order valence-electron chi connectivity index (χ1n) is 17.2. The number of hydrogen-bond acceptors (Lipinski definition) is 2. The van der Waals surface area contributed by atoms with Gasteiger partial charge in [0.1, 0.15) is 0 Å². The zero-order chi connectivity index (χ0) is 34.9. The Kier molecular flexibility index (Phi) is 10.8. The minimum Gasteiger partial charge on any atom is -0.305 e. The van der Waals surface area contributed by atoms with E-state index >= 15 is 0 Å². The fourth-order valence-corrected chi connectivity index (χ4v) is 5.61. The molecule has 2 heterocycles. The van der Waals surface area contributed by atoms with Crippen LogP contribution >= 0.6 is 0 Å². The van der Waals surface area contributed by atoms with Crippen molar-refractivity contribution in [3.05, 3.63) is 218 Å². The van der Waals surface area contributed by atoms with Crippen molar-refractivity contribution in [2.24, 2.45) is 0 Å². The predicted molar refractivity (Wildman–Crippen MR) is 203 cm³/mol. The van der Waals surface area contributed by atoms with Gasteiger partial charge in [-0.25, -0.2) is 0 Å². The molecule has 0 fully saturated rings. The molecule has 0 bridgehead atoms. The molecule has 3 heteroatoms. The Labute approximate surface area is 311 Å². The predicted octanol–water partition coefficient (Wildman–Crippen LogP) is 11.7. The summed E-state index contributed by atoms with van der Waals surface area (Å²) in [7, 11) is 0. The summed E-state index contributed by atoms with van der Waals surface area (Å²) in [6, 6.07) is 66.2. The van der Waals surface area contributed by atoms with Crippen molar-refractivity contribution >= 4 is 0 Å². The summed E-state index contributed by atoms with van der Waals surface area (Å²) in [5.74, 6) is 0. The van der Waals surface area contributed by atoms with E-state index in [0.29, 0.717) is 11.1 Å². The molecule has 243 valence electrons. The molecule has 0 unspecified atom stereocenters. The third kappa shape index (κ3) is 8.64. The minimum absolute atomic E-state index is 0. The second-order valence-electron chi connectivity index (χ2n) is 11.4. The third-order valence-corrected chi connectivity index (χ3v) is 8.08. The van der Waals surface area contributed by atoms with Crippen molar-refractivity contribution in [1.29, 1.82) is 0 Å². The molecule has 0 aliphatic heterocycles. The Balaban J connectivity index is 0.000000206. The zero-order valence-electron chi connectivity index (χ0n) is 29.2. The van der Waals surface area contributed by atoms with Crippen molar-refractivity contribution in [3.63, 3.8) is 0 Å². The van der Waals surface area contributed by atoms with Gasteiger partial charge in [0.25, 0.3) is 0 Å². The molecule has 2 nitrogen and oxygen atoms in total. The van der Waals surface area contributed by atoms with Crippen molar-refractivity contribution in [1.82, 2.24) is 9.97 Å². The molecule has 1 radical (unpaired) electrons. The fraction of sp³-hybridized carbons (Fsp3) is 0.0213. The first kappa shape index (κ1) is 31.5. The maximum absolute atomic E-state index is 9.07. The molecule has 0 spiro atoms. The van der Waals surface area contributed by atoms with Crippen LogP contribution in [0.2, 0.25) is 0 Å². The van der Waals surface area contributed by atoms with Gasteiger partial charge in [-0.1, -0.05) is 151 Å². The van der Waals surface area contributed by atoms with Crippen LogP contribution in [0.25, 0.3) is 55.9 Å². The Morgan fingerprint density at radius 2 is 1.02 bits per heavy atom. The van der Waals surface area contributed by atoms with Crippen LogP contribution < -0.4 is 0 Å². The van der Waals surface area contributed by atoms with E-state index in [1.807, 2.05) is 146 Å². The largest absolute Gasteiger partial charge is 0.305 e. The van der Waals surface area contributed by atoms with E-state index in [2.05, 4.69) is 58.5 Å². The van der Waals surface area contributed by atoms with E-state index in [1.54, 1.807) is 12.4 Å². The monoisotopic (exact) mass is 821 g/mol. The molecule has 0 saturated carbocycles. The Morgan fingerprint density at radius 3 is 1.66 bits per heavy atom. The van der Waals surface area contributed by atoms with Gasteiger partial charge in [-0.15, -0.1) is 64.7 Å². The van der Waals surface area contributed by atoms with E-state index in [9.17, 15) is 0 Å². The van der Waals surface area contributed by atoms with E-state index in [4.69, 9.17) is 2.74 Å². The topological polar surface area (TPSA) is 25.8 Å². The van der Waals surface area contributed by atoms with Crippen LogP contribution in [0.3, 0.4) is 0 Å². The summed E-state index contributed by atoms with van der Waals surface area (Å²) in [6.07, 6.45) is 1.91. The maximum atomic E-state index is 9.07. The summed E-state index contributed by atoms with van der Waals surface area (Å²) in [4.78, 5) is 8.93. The standard InChI is InChI=1S/C30H22N.C17H12N.Ir/c1-4-10-23(11-5-1)20-28-21-27(16-17-29(28)25-14-8-3-9-15-25)30-22-26(18-19-31-30)24-12-6-2-7-13-24;1-2-7-14(8-3-1)15-9-6-10-16(13-15)17-11-4-5-12-18-17;/h1-15,17-19,21-22H,20H2;1-9,11-13H;/q2*-1;/i20D2;;. The normalized spacial score (nSPS) is 11.2. The Morgan fingerprint density at radius 1 is 0.460 bits per heavy atom. The number of aromatic nitrogens is 2. The van der Waals surface area contributed by atoms with Crippen molar-refractivity contribution in [2.75, 3.05) is 0 Å². The molecule has 0 aliphatic rings. The van der Waals surface area contributed by atoms with Gasteiger partial charge in [0.05, 0.1) is 0 Å². The molecule has 0 aliphatic carbocycles. The average molecular weight is 821 g/mol. The molecule has 8 rings (SSSR count). The molecule has 0 saturated heterocycles. The van der Waals surface area contributed by atoms with E-state index in [-0.39, 0.29) is 20.1 Å². The van der Waals surface area contributed by atoms with Crippen molar-refractivity contribution < 1.29 is 22.8 Å². The van der Waals surface area contributed by atoms with Crippen LogP contribution in [0.4, 0.5) is 0 Å². The number of rotatable bonds is 7. The molecule has 0 N–H and O–H groups in total. The van der Waals surface area contributed by atoms with Gasteiger partial charge in [0.15, 0.2) is 0 Å². The van der Waals surface area contributed by atoms with Gasteiger partial charge in [0, 0.05) is 35.2 Å². The van der Waals surface area contributed by atoms with Crippen molar-refractivity contribution in [2.45, 2.75) is 6.37 Å². The first-order chi connectivity index (χ1) is 25.1. The van der Waals surface area contributed by atoms with Crippen LogP contribution in [0.1, 0.15) is 13.9 Å². The summed E-state index contributed by atoms with van der Waals surface area (Å²) in [5.41, 5.74) is 11.1. The summed E-state index contributed by atoms with van der Waals surface area (Å²) in [5, 5.41) is 0. The molecule has 50 heavy (non-hydrogen) atoms. The van der Waals surface area contributed by atoms with Gasteiger partial charge in [-0.2, -0.15) is 0 Å². The minimum atomic E-state index is -1.69. The first-order valence-corrected chi connectivity index (χ1v) is 16.2. The zero-order valence-corrected chi connectivity index (χ0v) is 29.6.